The van der Waals surface area contributed by atoms with Crippen LogP contribution >= 0.6 is 11.6 Å². The fourth-order valence-corrected chi connectivity index (χ4v) is 2.99. The third-order valence-electron chi connectivity index (χ3n) is 3.94. The predicted octanol–water partition coefficient (Wildman–Crippen LogP) is 3.61. The molecule has 3 aromatic rings. The number of carbonyl (C=O) groups is 1. The third kappa shape index (κ3) is 3.17. The highest BCUT2D eigenvalue weighted by Crippen LogP contribution is 2.24. The van der Waals surface area contributed by atoms with Crippen molar-refractivity contribution < 1.29 is 9.21 Å². The SMILES string of the molecule is CCN=c1c2c(C(=O)Nc3ccc(Cl)cc3C)c(C)oc2ncn1C. The summed E-state index contributed by atoms with van der Waals surface area (Å²) in [5.41, 5.74) is 3.10. The zero-order chi connectivity index (χ0) is 18.1. The average molecular weight is 359 g/mol. The van der Waals surface area contributed by atoms with E-state index in [2.05, 4.69) is 15.3 Å². The topological polar surface area (TPSA) is 72.4 Å². The van der Waals surface area contributed by atoms with Gasteiger partial charge in [-0.25, -0.2) is 4.98 Å². The Kier molecular flexibility index (Phi) is 4.63. The summed E-state index contributed by atoms with van der Waals surface area (Å²) < 4.78 is 7.47. The molecular formula is C18H19ClN4O2. The fraction of sp³-hybridized carbons (Fsp3) is 0.278. The molecule has 0 unspecified atom stereocenters. The Morgan fingerprint density at radius 1 is 1.40 bits per heavy atom. The van der Waals surface area contributed by atoms with Crippen LogP contribution in [0, 0.1) is 13.8 Å². The summed E-state index contributed by atoms with van der Waals surface area (Å²) in [7, 11) is 1.84. The molecule has 0 spiro atoms. The molecule has 0 aliphatic carbocycles. The van der Waals surface area contributed by atoms with Crippen molar-refractivity contribution >= 4 is 34.3 Å². The maximum atomic E-state index is 12.9. The number of aryl methyl sites for hydroxylation is 3. The van der Waals surface area contributed by atoms with E-state index in [0.29, 0.717) is 45.2 Å². The number of amides is 1. The van der Waals surface area contributed by atoms with E-state index in [0.717, 1.165) is 5.56 Å². The molecule has 0 saturated heterocycles. The van der Waals surface area contributed by atoms with Gasteiger partial charge in [0, 0.05) is 24.3 Å². The van der Waals surface area contributed by atoms with Crippen molar-refractivity contribution in [3.8, 4) is 0 Å². The zero-order valence-corrected chi connectivity index (χ0v) is 15.3. The number of aromatic nitrogens is 2. The highest BCUT2D eigenvalue weighted by molar-refractivity contribution is 6.30. The van der Waals surface area contributed by atoms with Crippen molar-refractivity contribution in [3.05, 3.63) is 51.9 Å². The molecule has 0 aliphatic rings. The molecule has 0 saturated carbocycles. The Hall–Kier alpha value is -2.60. The van der Waals surface area contributed by atoms with Gasteiger partial charge in [0.05, 0.1) is 17.3 Å². The lowest BCUT2D eigenvalue weighted by Gasteiger charge is -2.09. The van der Waals surface area contributed by atoms with E-state index in [1.165, 1.54) is 0 Å². The van der Waals surface area contributed by atoms with Crippen molar-refractivity contribution in [1.82, 2.24) is 9.55 Å². The molecule has 130 valence electrons. The Morgan fingerprint density at radius 2 is 2.16 bits per heavy atom. The highest BCUT2D eigenvalue weighted by atomic mass is 35.5. The number of fused-ring (bicyclic) bond motifs is 1. The molecule has 2 aromatic heterocycles. The molecule has 7 heteroatoms. The molecule has 0 atom stereocenters. The maximum Gasteiger partial charge on any atom is 0.260 e. The van der Waals surface area contributed by atoms with E-state index in [-0.39, 0.29) is 5.91 Å². The van der Waals surface area contributed by atoms with Gasteiger partial charge in [0.1, 0.15) is 11.2 Å². The van der Waals surface area contributed by atoms with Gasteiger partial charge in [-0.05, 0) is 44.5 Å². The Bertz CT molecular complexity index is 1030. The number of nitrogens with zero attached hydrogens (tertiary/aromatic N) is 3. The quantitative estimate of drug-likeness (QED) is 0.777. The first-order chi connectivity index (χ1) is 11.9. The number of nitrogens with one attached hydrogen (secondary N) is 1. The molecule has 1 N–H and O–H groups in total. The lowest BCUT2D eigenvalue weighted by molar-refractivity contribution is 0.102. The predicted molar refractivity (Wildman–Crippen MR) is 98.0 cm³/mol. The monoisotopic (exact) mass is 358 g/mol. The van der Waals surface area contributed by atoms with E-state index < -0.39 is 0 Å². The normalized spacial score (nSPS) is 12.0. The lowest BCUT2D eigenvalue weighted by atomic mass is 10.1. The first-order valence-electron chi connectivity index (χ1n) is 7.95. The second-order valence-electron chi connectivity index (χ2n) is 5.78. The van der Waals surface area contributed by atoms with E-state index in [1.54, 1.807) is 36.0 Å². The number of benzene rings is 1. The van der Waals surface area contributed by atoms with Gasteiger partial charge in [0.2, 0.25) is 5.71 Å². The van der Waals surface area contributed by atoms with Crippen LogP contribution in [0.4, 0.5) is 5.69 Å². The number of hydrogen-bond donors (Lipinski definition) is 1. The van der Waals surface area contributed by atoms with E-state index in [1.807, 2.05) is 20.9 Å². The minimum absolute atomic E-state index is 0.262. The lowest BCUT2D eigenvalue weighted by Crippen LogP contribution is -2.22. The molecule has 6 nitrogen and oxygen atoms in total. The van der Waals surface area contributed by atoms with Gasteiger partial charge < -0.3 is 14.3 Å². The van der Waals surface area contributed by atoms with Gasteiger partial charge in [-0.3, -0.25) is 9.79 Å². The van der Waals surface area contributed by atoms with E-state index in [9.17, 15) is 4.79 Å². The third-order valence-corrected chi connectivity index (χ3v) is 4.18. The van der Waals surface area contributed by atoms with Gasteiger partial charge in [-0.2, -0.15) is 0 Å². The van der Waals surface area contributed by atoms with Gasteiger partial charge in [-0.1, -0.05) is 11.6 Å². The molecular weight excluding hydrogens is 340 g/mol. The van der Waals surface area contributed by atoms with Crippen LogP contribution in [0.25, 0.3) is 11.1 Å². The van der Waals surface area contributed by atoms with Crippen LogP contribution in [0.15, 0.2) is 33.9 Å². The molecule has 0 bridgehead atoms. The minimum atomic E-state index is -0.262. The zero-order valence-electron chi connectivity index (χ0n) is 14.6. The summed E-state index contributed by atoms with van der Waals surface area (Å²) in [6.45, 7) is 6.17. The second-order valence-corrected chi connectivity index (χ2v) is 6.22. The fourth-order valence-electron chi connectivity index (χ4n) is 2.76. The summed E-state index contributed by atoms with van der Waals surface area (Å²) >= 11 is 5.98. The highest BCUT2D eigenvalue weighted by Gasteiger charge is 2.22. The summed E-state index contributed by atoms with van der Waals surface area (Å²) in [5.74, 6) is 0.243. The van der Waals surface area contributed by atoms with Crippen LogP contribution in [0.5, 0.6) is 0 Å². The van der Waals surface area contributed by atoms with E-state index >= 15 is 0 Å². The Balaban J connectivity index is 2.14. The number of rotatable bonds is 3. The average Bonchev–Trinajstić information content (AvgIpc) is 2.89. The van der Waals surface area contributed by atoms with Crippen LogP contribution < -0.4 is 10.8 Å². The van der Waals surface area contributed by atoms with Gasteiger partial charge >= 0.3 is 0 Å². The molecule has 1 aromatic carbocycles. The number of carbonyl (C=O) groups excluding carboxylic acids is 1. The maximum absolute atomic E-state index is 12.9. The first-order valence-corrected chi connectivity index (χ1v) is 8.33. The molecule has 1 amide bonds. The summed E-state index contributed by atoms with van der Waals surface area (Å²) in [5, 5.41) is 4.17. The number of halogens is 1. The largest absolute Gasteiger partial charge is 0.442 e. The summed E-state index contributed by atoms with van der Waals surface area (Å²) in [6.07, 6.45) is 1.63. The first kappa shape index (κ1) is 17.2. The standard InChI is InChI=1S/C18H19ClN4O2/c1-5-20-16-15-14(11(3)25-18(15)21-9-23(16)4)17(24)22-13-7-6-12(19)8-10(13)2/h6-9H,5H2,1-4H3,(H,22,24). The van der Waals surface area contributed by atoms with Crippen molar-refractivity contribution in [3.63, 3.8) is 0 Å². The van der Waals surface area contributed by atoms with Crippen LogP contribution in [-0.2, 0) is 7.05 Å². The van der Waals surface area contributed by atoms with Gasteiger partial charge in [0.15, 0.2) is 0 Å². The molecule has 3 rings (SSSR count). The number of furan rings is 1. The smallest absolute Gasteiger partial charge is 0.260 e. The van der Waals surface area contributed by atoms with Gasteiger partial charge in [-0.15, -0.1) is 0 Å². The van der Waals surface area contributed by atoms with Crippen molar-refractivity contribution in [2.45, 2.75) is 20.8 Å². The van der Waals surface area contributed by atoms with Crippen LogP contribution in [0.1, 0.15) is 28.6 Å². The molecule has 2 heterocycles. The summed E-state index contributed by atoms with van der Waals surface area (Å²) in [6, 6.07) is 5.32. The van der Waals surface area contributed by atoms with Crippen LogP contribution in [-0.4, -0.2) is 22.0 Å². The van der Waals surface area contributed by atoms with Crippen molar-refractivity contribution in [2.24, 2.45) is 12.0 Å². The van der Waals surface area contributed by atoms with E-state index in [4.69, 9.17) is 16.0 Å². The second kappa shape index (κ2) is 6.72. The number of anilines is 1. The molecule has 0 fully saturated rings. The van der Waals surface area contributed by atoms with Crippen molar-refractivity contribution in [2.75, 3.05) is 11.9 Å². The van der Waals surface area contributed by atoms with Crippen LogP contribution in [0.2, 0.25) is 5.02 Å². The molecule has 0 aliphatic heterocycles. The Morgan fingerprint density at radius 3 is 2.84 bits per heavy atom. The number of hydrogen-bond acceptors (Lipinski definition) is 4. The molecule has 0 radical (unpaired) electrons. The summed E-state index contributed by atoms with van der Waals surface area (Å²) in [4.78, 5) is 21.7. The van der Waals surface area contributed by atoms with Crippen molar-refractivity contribution in [1.29, 1.82) is 0 Å². The van der Waals surface area contributed by atoms with Gasteiger partial charge in [0.25, 0.3) is 5.91 Å². The molecule has 25 heavy (non-hydrogen) atoms. The Labute approximate surface area is 150 Å². The minimum Gasteiger partial charge on any atom is -0.442 e. The van der Waals surface area contributed by atoms with Crippen LogP contribution in [0.3, 0.4) is 0 Å².